The van der Waals surface area contributed by atoms with Crippen LogP contribution in [0.3, 0.4) is 0 Å². The molecular formula is C70H88N6+2. The quantitative estimate of drug-likeness (QED) is 0.0447. The van der Waals surface area contributed by atoms with Crippen LogP contribution < -0.4 is 9.36 Å². The molecule has 0 spiro atoms. The predicted molar refractivity (Wildman–Crippen MR) is 315 cm³/mol. The largest absolute Gasteiger partial charge is 0.198 e. The first-order valence-corrected chi connectivity index (χ1v) is 30.7. The zero-order chi connectivity index (χ0) is 51.9. The molecule has 11 rings (SSSR count). The van der Waals surface area contributed by atoms with E-state index in [1.807, 2.05) is 0 Å². The molecule has 2 aromatic heterocycles. The molecule has 0 fully saturated rings. The summed E-state index contributed by atoms with van der Waals surface area (Å²) in [6.07, 6.45) is 30.5. The number of benzene rings is 6. The van der Waals surface area contributed by atoms with Crippen molar-refractivity contribution in [3.05, 3.63) is 166 Å². The van der Waals surface area contributed by atoms with Crippen LogP contribution in [0.5, 0.6) is 0 Å². The Bertz CT molecular complexity index is 2830. The predicted octanol–water partition coefficient (Wildman–Crippen LogP) is 17.4. The van der Waals surface area contributed by atoms with E-state index in [-0.39, 0.29) is 10.8 Å². The fourth-order valence-corrected chi connectivity index (χ4v) is 14.4. The summed E-state index contributed by atoms with van der Waals surface area (Å²) < 4.78 is 9.20. The minimum Gasteiger partial charge on any atom is -0.125 e. The van der Waals surface area contributed by atoms with Crippen molar-refractivity contribution >= 4 is 22.1 Å². The van der Waals surface area contributed by atoms with E-state index in [1.165, 1.54) is 221 Å². The molecule has 0 saturated heterocycles. The number of nitrogens with zero attached hydrogens (tertiary/aromatic N) is 6. The van der Waals surface area contributed by atoms with Gasteiger partial charge in [-0.05, 0) is 117 Å². The van der Waals surface area contributed by atoms with E-state index in [1.54, 1.807) is 22.3 Å². The highest BCUT2D eigenvalue weighted by atomic mass is 15.5. The lowest BCUT2D eigenvalue weighted by Crippen LogP contribution is -2.38. The number of hydrogen-bond donors (Lipinski definition) is 0. The average molecular weight is 1010 g/mol. The Morgan fingerprint density at radius 3 is 1.00 bits per heavy atom. The highest BCUT2D eigenvalue weighted by Gasteiger charge is 2.45. The summed E-state index contributed by atoms with van der Waals surface area (Å²) in [7, 11) is 0. The molecule has 76 heavy (non-hydrogen) atoms. The first-order valence-electron chi connectivity index (χ1n) is 30.7. The standard InChI is InChI=1S/C70H88N6/c1-5-9-13-17-25-41-69(42-26-18-14-10-6-2)61-45-53-33-37-57(61)58-38-34-54(46-62(58)69)50-74-66-30-22-24-32-68(66)76(72-74)52-56-36-40-60-59-39-35-55(51-75-67-31-23-21-29-65(67)73(49-53)71-75)47-63(59)70(64(60)48-56,43-27-19-15-11-7-3)44-28-20-16-12-8-4/h21-24,29-40,45-48H,5-20,25-28,41-44,49-52H2,1-4H3/q+2. The van der Waals surface area contributed by atoms with Gasteiger partial charge in [0, 0.05) is 10.8 Å². The summed E-state index contributed by atoms with van der Waals surface area (Å²) in [5, 5.41) is 11.1. The van der Waals surface area contributed by atoms with Gasteiger partial charge in [0.15, 0.2) is 22.1 Å². The lowest BCUT2D eigenvalue weighted by Gasteiger charge is -2.33. The van der Waals surface area contributed by atoms with Gasteiger partial charge in [-0.3, -0.25) is 0 Å². The Kier molecular flexibility index (Phi) is 16.3. The highest BCUT2D eigenvalue weighted by molar-refractivity contribution is 5.83. The summed E-state index contributed by atoms with van der Waals surface area (Å²) in [4.78, 5) is 0. The molecule has 6 nitrogen and oxygen atoms in total. The monoisotopic (exact) mass is 1010 g/mol. The van der Waals surface area contributed by atoms with Crippen molar-refractivity contribution in [2.24, 2.45) is 0 Å². The van der Waals surface area contributed by atoms with Crippen LogP contribution in [0.25, 0.3) is 44.3 Å². The summed E-state index contributed by atoms with van der Waals surface area (Å²) in [5.41, 5.74) is 22.0. The van der Waals surface area contributed by atoms with Crippen LogP contribution in [0.4, 0.5) is 0 Å². The Hall–Kier alpha value is -5.88. The number of hydrogen-bond acceptors (Lipinski definition) is 2. The van der Waals surface area contributed by atoms with Gasteiger partial charge in [0.25, 0.3) is 0 Å². The third-order valence-corrected chi connectivity index (χ3v) is 18.4. The van der Waals surface area contributed by atoms with Crippen molar-refractivity contribution in [2.45, 2.75) is 219 Å². The fraction of sp³-hybridized carbons (Fsp3) is 0.486. The molecule has 0 saturated carbocycles. The van der Waals surface area contributed by atoms with Crippen LogP contribution in [0.2, 0.25) is 0 Å². The molecule has 0 radical (unpaired) electrons. The van der Waals surface area contributed by atoms with Crippen molar-refractivity contribution in [1.29, 1.82) is 0 Å². The third kappa shape index (κ3) is 10.4. The van der Waals surface area contributed by atoms with Crippen molar-refractivity contribution in [2.75, 3.05) is 0 Å². The van der Waals surface area contributed by atoms with E-state index < -0.39 is 0 Å². The number of rotatable bonds is 24. The zero-order valence-electron chi connectivity index (χ0n) is 47.0. The maximum absolute atomic E-state index is 5.54. The smallest absolute Gasteiger partial charge is 0.125 e. The minimum atomic E-state index is -0.0404. The number of unbranched alkanes of at least 4 members (excludes halogenated alkanes) is 16. The molecule has 6 aromatic carbocycles. The van der Waals surface area contributed by atoms with Gasteiger partial charge in [-0.15, -0.1) is 18.7 Å². The Labute approximate surface area is 455 Å². The minimum absolute atomic E-state index is 0.0404. The van der Waals surface area contributed by atoms with Crippen LogP contribution in [0, 0.1) is 0 Å². The van der Waals surface area contributed by atoms with Gasteiger partial charge in [-0.2, -0.15) is 0 Å². The lowest BCUT2D eigenvalue weighted by molar-refractivity contribution is -0.724. The molecule has 1 aliphatic heterocycles. The van der Waals surface area contributed by atoms with Crippen molar-refractivity contribution in [3.63, 3.8) is 0 Å². The van der Waals surface area contributed by atoms with Crippen LogP contribution in [0.1, 0.15) is 226 Å². The van der Waals surface area contributed by atoms with Gasteiger partial charge >= 0.3 is 0 Å². The molecule has 3 heterocycles. The first kappa shape index (κ1) is 52.2. The molecule has 2 aliphatic carbocycles. The summed E-state index contributed by atoms with van der Waals surface area (Å²) >= 11 is 0. The molecule has 396 valence electrons. The first-order chi connectivity index (χ1) is 37.5. The van der Waals surface area contributed by atoms with Crippen molar-refractivity contribution in [3.8, 4) is 22.3 Å². The second-order valence-electron chi connectivity index (χ2n) is 23.7. The second-order valence-corrected chi connectivity index (χ2v) is 23.7. The maximum Gasteiger partial charge on any atom is 0.198 e. The van der Waals surface area contributed by atoms with E-state index in [4.69, 9.17) is 10.4 Å². The Balaban J connectivity index is 1.07. The number of aromatic nitrogens is 6. The normalized spacial score (nSPS) is 14.8. The summed E-state index contributed by atoms with van der Waals surface area (Å²) in [6, 6.07) is 48.0. The van der Waals surface area contributed by atoms with E-state index in [0.717, 1.165) is 26.2 Å². The Morgan fingerprint density at radius 2 is 0.658 bits per heavy atom. The zero-order valence-corrected chi connectivity index (χ0v) is 47.0. The summed E-state index contributed by atoms with van der Waals surface area (Å²) in [5.74, 6) is 0. The van der Waals surface area contributed by atoms with Gasteiger partial charge in [-0.25, -0.2) is 0 Å². The van der Waals surface area contributed by atoms with Crippen LogP contribution in [-0.2, 0) is 37.0 Å². The van der Waals surface area contributed by atoms with E-state index in [9.17, 15) is 0 Å². The van der Waals surface area contributed by atoms with Gasteiger partial charge in [0.05, 0.1) is 10.4 Å². The highest BCUT2D eigenvalue weighted by Crippen LogP contribution is 2.56. The SMILES string of the molecule is CCCCCCCC1(CCCCCCC)c2cc3ccc2-c2ccc(cc21)Cn1n[n+](c2ccccc21)Cc1ccc2c(c1)C(CCCCCCC)(CCCCCCC)c1cc(ccc1-2)C[n+]1nn(c2ccccc21)C3. The fourth-order valence-electron chi connectivity index (χ4n) is 14.4. The number of para-hydroxylation sites is 4. The third-order valence-electron chi connectivity index (χ3n) is 18.4. The molecule has 3 aliphatic rings. The van der Waals surface area contributed by atoms with Gasteiger partial charge in [-0.1, -0.05) is 253 Å². The molecule has 6 heteroatoms. The topological polar surface area (TPSA) is 43.4 Å². The van der Waals surface area contributed by atoms with Crippen molar-refractivity contribution in [1.82, 2.24) is 19.8 Å². The van der Waals surface area contributed by atoms with Crippen LogP contribution in [0.15, 0.2) is 121 Å². The Morgan fingerprint density at radius 1 is 0.355 bits per heavy atom. The number of fused-ring (bicyclic) bond motifs is 16. The molecule has 8 aromatic rings. The molecule has 12 bridgehead atoms. The molecule has 0 unspecified atom stereocenters. The summed E-state index contributed by atoms with van der Waals surface area (Å²) in [6.45, 7) is 12.3. The van der Waals surface area contributed by atoms with Gasteiger partial charge in [0.2, 0.25) is 0 Å². The van der Waals surface area contributed by atoms with Crippen LogP contribution >= 0.6 is 0 Å². The van der Waals surface area contributed by atoms with E-state index in [0.29, 0.717) is 0 Å². The van der Waals surface area contributed by atoms with E-state index >= 15 is 0 Å². The van der Waals surface area contributed by atoms with E-state index in [2.05, 4.69) is 168 Å². The second kappa shape index (κ2) is 23.8. The lowest BCUT2D eigenvalue weighted by atomic mass is 9.70. The van der Waals surface area contributed by atoms with Crippen LogP contribution in [-0.4, -0.2) is 19.8 Å². The molecule has 0 amide bonds. The molecule has 0 atom stereocenters. The molecular weight excluding hydrogens is 925 g/mol. The molecule has 0 N–H and O–H groups in total. The average Bonchev–Trinajstić information content (AvgIpc) is 4.23. The van der Waals surface area contributed by atoms with Gasteiger partial charge in [0.1, 0.15) is 26.2 Å². The van der Waals surface area contributed by atoms with Gasteiger partial charge < -0.3 is 0 Å². The maximum atomic E-state index is 5.54. The van der Waals surface area contributed by atoms with Crippen molar-refractivity contribution < 1.29 is 9.36 Å².